The highest BCUT2D eigenvalue weighted by molar-refractivity contribution is 5.53. The molecule has 0 amide bonds. The van der Waals surface area contributed by atoms with E-state index in [4.69, 9.17) is 9.15 Å². The van der Waals surface area contributed by atoms with Crippen LogP contribution in [0.5, 0.6) is 5.88 Å². The summed E-state index contributed by atoms with van der Waals surface area (Å²) in [4.78, 5) is 6.58. The van der Waals surface area contributed by atoms with Crippen LogP contribution in [0.3, 0.4) is 0 Å². The fourth-order valence-corrected chi connectivity index (χ4v) is 3.43. The lowest BCUT2D eigenvalue weighted by molar-refractivity contribution is 0.118. The number of nitrogens with zero attached hydrogens (tertiary/aromatic N) is 4. The van der Waals surface area contributed by atoms with Crippen LogP contribution >= 0.6 is 0 Å². The summed E-state index contributed by atoms with van der Waals surface area (Å²) in [5.74, 6) is 0.993. The first-order valence-corrected chi connectivity index (χ1v) is 9.06. The Bertz CT molecular complexity index is 897. The largest absolute Gasteiger partial charge is 0.481 e. The lowest BCUT2D eigenvalue weighted by Gasteiger charge is -2.33. The van der Waals surface area contributed by atoms with E-state index in [2.05, 4.69) is 20.1 Å². The predicted molar refractivity (Wildman–Crippen MR) is 97.5 cm³/mol. The van der Waals surface area contributed by atoms with Crippen LogP contribution in [0.4, 0.5) is 4.39 Å². The summed E-state index contributed by atoms with van der Waals surface area (Å²) in [5.41, 5.74) is 1.43. The van der Waals surface area contributed by atoms with Gasteiger partial charge in [0.25, 0.3) is 5.89 Å². The van der Waals surface area contributed by atoms with Gasteiger partial charge in [0.2, 0.25) is 11.8 Å². The second kappa shape index (κ2) is 7.84. The van der Waals surface area contributed by atoms with Gasteiger partial charge in [0.15, 0.2) is 0 Å². The molecule has 3 aromatic rings. The van der Waals surface area contributed by atoms with Crippen molar-refractivity contribution in [3.63, 3.8) is 0 Å². The molecule has 0 saturated carbocycles. The minimum Gasteiger partial charge on any atom is -0.481 e. The number of hydrogen-bond donors (Lipinski definition) is 0. The monoisotopic (exact) mass is 368 g/mol. The zero-order chi connectivity index (χ0) is 18.6. The highest BCUT2D eigenvalue weighted by Crippen LogP contribution is 2.33. The zero-order valence-corrected chi connectivity index (χ0v) is 15.1. The van der Waals surface area contributed by atoms with Crippen LogP contribution in [-0.2, 0) is 6.54 Å². The Morgan fingerprint density at radius 3 is 2.85 bits per heavy atom. The van der Waals surface area contributed by atoms with Crippen molar-refractivity contribution in [2.24, 2.45) is 0 Å². The third kappa shape index (κ3) is 3.83. The van der Waals surface area contributed by atoms with Crippen LogP contribution in [0, 0.1) is 5.82 Å². The number of methoxy groups -OCH3 is 1. The smallest absolute Gasteiger partial charge is 0.250 e. The predicted octanol–water partition coefficient (Wildman–Crippen LogP) is 4.01. The Labute approximate surface area is 157 Å². The number of benzene rings is 1. The third-order valence-corrected chi connectivity index (χ3v) is 4.84. The molecule has 1 aliphatic rings. The Morgan fingerprint density at radius 1 is 1.19 bits per heavy atom. The number of rotatable bonds is 5. The summed E-state index contributed by atoms with van der Waals surface area (Å²) in [6.45, 7) is 1.67. The van der Waals surface area contributed by atoms with E-state index in [-0.39, 0.29) is 17.7 Å². The SMILES string of the molecule is COc1ccc(CN2CCCC[C@H]2c2nnc(-c3ccccc3F)o2)cn1. The van der Waals surface area contributed by atoms with E-state index in [0.29, 0.717) is 17.3 Å². The quantitative estimate of drug-likeness (QED) is 0.678. The molecule has 1 atom stereocenters. The van der Waals surface area contributed by atoms with E-state index in [0.717, 1.165) is 37.9 Å². The van der Waals surface area contributed by atoms with Crippen molar-refractivity contribution in [1.82, 2.24) is 20.1 Å². The second-order valence-corrected chi connectivity index (χ2v) is 6.62. The molecule has 2 aromatic heterocycles. The summed E-state index contributed by atoms with van der Waals surface area (Å²) < 4.78 is 25.0. The van der Waals surface area contributed by atoms with Gasteiger partial charge in [-0.05, 0) is 37.1 Å². The number of ether oxygens (including phenoxy) is 1. The van der Waals surface area contributed by atoms with Gasteiger partial charge in [0.1, 0.15) is 5.82 Å². The molecule has 0 unspecified atom stereocenters. The van der Waals surface area contributed by atoms with E-state index in [9.17, 15) is 4.39 Å². The minimum atomic E-state index is -0.363. The van der Waals surface area contributed by atoms with Gasteiger partial charge >= 0.3 is 0 Å². The third-order valence-electron chi connectivity index (χ3n) is 4.84. The molecule has 0 radical (unpaired) electrons. The molecule has 27 heavy (non-hydrogen) atoms. The summed E-state index contributed by atoms with van der Waals surface area (Å²) in [7, 11) is 1.60. The summed E-state index contributed by atoms with van der Waals surface area (Å²) in [5, 5.41) is 8.29. The molecule has 4 rings (SSSR count). The average Bonchev–Trinajstić information content (AvgIpc) is 3.19. The second-order valence-electron chi connectivity index (χ2n) is 6.62. The van der Waals surface area contributed by atoms with Crippen molar-refractivity contribution < 1.29 is 13.5 Å². The molecule has 140 valence electrons. The number of piperidine rings is 1. The van der Waals surface area contributed by atoms with Crippen LogP contribution in [-0.4, -0.2) is 33.7 Å². The standard InChI is InChI=1S/C20H21FN4O2/c1-26-18-10-9-14(12-22-18)13-25-11-5-4-8-17(25)20-24-23-19(27-20)15-6-2-3-7-16(15)21/h2-3,6-7,9-10,12,17H,4-5,8,11,13H2,1H3/t17-/m0/s1. The number of hydrogen-bond acceptors (Lipinski definition) is 6. The Balaban J connectivity index is 1.55. The maximum Gasteiger partial charge on any atom is 0.250 e. The van der Waals surface area contributed by atoms with Crippen molar-refractivity contribution in [1.29, 1.82) is 0 Å². The van der Waals surface area contributed by atoms with E-state index < -0.39 is 0 Å². The number of pyridine rings is 1. The number of likely N-dealkylation sites (tertiary alicyclic amines) is 1. The molecule has 3 heterocycles. The van der Waals surface area contributed by atoms with Crippen LogP contribution in [0.1, 0.15) is 36.8 Å². The van der Waals surface area contributed by atoms with Gasteiger partial charge in [-0.25, -0.2) is 9.37 Å². The van der Waals surface area contributed by atoms with Gasteiger partial charge in [-0.3, -0.25) is 4.90 Å². The molecule has 1 aliphatic heterocycles. The molecule has 0 spiro atoms. The topological polar surface area (TPSA) is 64.3 Å². The number of aromatic nitrogens is 3. The van der Waals surface area contributed by atoms with Crippen LogP contribution < -0.4 is 4.74 Å². The lowest BCUT2D eigenvalue weighted by atomic mass is 10.0. The van der Waals surface area contributed by atoms with Crippen molar-refractivity contribution in [2.75, 3.05) is 13.7 Å². The van der Waals surface area contributed by atoms with Crippen molar-refractivity contribution in [3.8, 4) is 17.3 Å². The Kier molecular flexibility index (Phi) is 5.11. The molecular weight excluding hydrogens is 347 g/mol. The van der Waals surface area contributed by atoms with Gasteiger partial charge < -0.3 is 9.15 Å². The zero-order valence-electron chi connectivity index (χ0n) is 15.1. The first-order chi connectivity index (χ1) is 13.2. The first-order valence-electron chi connectivity index (χ1n) is 9.06. The maximum absolute atomic E-state index is 14.0. The Hall–Kier alpha value is -2.80. The molecule has 7 heteroatoms. The molecular formula is C20H21FN4O2. The van der Waals surface area contributed by atoms with Gasteiger partial charge in [-0.15, -0.1) is 10.2 Å². The molecule has 0 bridgehead atoms. The van der Waals surface area contributed by atoms with Crippen molar-refractivity contribution in [2.45, 2.75) is 31.8 Å². The van der Waals surface area contributed by atoms with E-state index in [1.165, 1.54) is 6.07 Å². The van der Waals surface area contributed by atoms with Crippen molar-refractivity contribution >= 4 is 0 Å². The highest BCUT2D eigenvalue weighted by Gasteiger charge is 2.29. The van der Waals surface area contributed by atoms with E-state index in [1.54, 1.807) is 25.3 Å². The van der Waals surface area contributed by atoms with Gasteiger partial charge in [-0.1, -0.05) is 24.6 Å². The molecule has 1 fully saturated rings. The maximum atomic E-state index is 14.0. The molecule has 0 aliphatic carbocycles. The molecule has 6 nitrogen and oxygen atoms in total. The molecule has 1 aromatic carbocycles. The highest BCUT2D eigenvalue weighted by atomic mass is 19.1. The minimum absolute atomic E-state index is 0.0221. The first kappa shape index (κ1) is 17.6. The van der Waals surface area contributed by atoms with Crippen LogP contribution in [0.25, 0.3) is 11.5 Å². The summed E-state index contributed by atoms with van der Waals surface area (Å²) >= 11 is 0. The van der Waals surface area contributed by atoms with Gasteiger partial charge in [0, 0.05) is 18.8 Å². The van der Waals surface area contributed by atoms with Gasteiger partial charge in [0.05, 0.1) is 18.7 Å². The van der Waals surface area contributed by atoms with Crippen LogP contribution in [0.2, 0.25) is 0 Å². The fourth-order valence-electron chi connectivity index (χ4n) is 3.43. The van der Waals surface area contributed by atoms with E-state index >= 15 is 0 Å². The summed E-state index contributed by atoms with van der Waals surface area (Å²) in [6, 6.07) is 10.3. The Morgan fingerprint density at radius 2 is 2.07 bits per heavy atom. The fraction of sp³-hybridized carbons (Fsp3) is 0.350. The van der Waals surface area contributed by atoms with E-state index in [1.807, 2.05) is 18.3 Å². The molecule has 0 N–H and O–H groups in total. The number of halogens is 1. The van der Waals surface area contributed by atoms with Crippen molar-refractivity contribution in [3.05, 3.63) is 59.9 Å². The molecule has 1 saturated heterocycles. The van der Waals surface area contributed by atoms with Crippen LogP contribution in [0.15, 0.2) is 47.0 Å². The summed E-state index contributed by atoms with van der Waals surface area (Å²) in [6.07, 6.45) is 4.97. The lowest BCUT2D eigenvalue weighted by Crippen LogP contribution is -2.33. The van der Waals surface area contributed by atoms with Gasteiger partial charge in [-0.2, -0.15) is 0 Å². The average molecular weight is 368 g/mol. The normalized spacial score (nSPS) is 17.8.